The summed E-state index contributed by atoms with van der Waals surface area (Å²) in [5.41, 5.74) is 0.840. The van der Waals surface area contributed by atoms with Gasteiger partial charge in [-0.25, -0.2) is 4.68 Å². The summed E-state index contributed by atoms with van der Waals surface area (Å²) in [5.74, 6) is -1.53. The highest BCUT2D eigenvalue weighted by atomic mass is 32.1. The number of aromatic amines is 1. The van der Waals surface area contributed by atoms with Crippen molar-refractivity contribution in [3.63, 3.8) is 0 Å². The number of nitrogens with zero attached hydrogens (tertiary/aromatic N) is 2. The standard InChI is InChI=1S/C17H12N4O2S/c18-9-11-13(12-7-4-8-24-12)14-15(19-16(11)22)20-21(17(14)23)10-5-2-1-3-6-10/h1-8,11,13,20H,(H,19,22)/t11-,13-/m1/s1. The summed E-state index contributed by atoms with van der Waals surface area (Å²) in [6, 6.07) is 14.9. The summed E-state index contributed by atoms with van der Waals surface area (Å²) in [5, 5.41) is 16.9. The molecule has 0 saturated heterocycles. The zero-order valence-electron chi connectivity index (χ0n) is 12.4. The first-order valence-electron chi connectivity index (χ1n) is 7.35. The minimum atomic E-state index is -0.927. The molecular weight excluding hydrogens is 324 g/mol. The first kappa shape index (κ1) is 14.5. The van der Waals surface area contributed by atoms with E-state index in [4.69, 9.17) is 0 Å². The largest absolute Gasteiger partial charge is 0.310 e. The van der Waals surface area contributed by atoms with Gasteiger partial charge in [-0.1, -0.05) is 24.3 Å². The maximum absolute atomic E-state index is 13.0. The lowest BCUT2D eigenvalue weighted by Crippen LogP contribution is -2.35. The fraction of sp³-hybridized carbons (Fsp3) is 0.118. The Labute approximate surface area is 141 Å². The second-order valence-electron chi connectivity index (χ2n) is 5.47. The van der Waals surface area contributed by atoms with Gasteiger partial charge in [0.15, 0.2) is 0 Å². The number of aromatic nitrogens is 2. The number of thiophene rings is 1. The molecule has 0 saturated carbocycles. The lowest BCUT2D eigenvalue weighted by atomic mass is 9.83. The topological polar surface area (TPSA) is 90.7 Å². The van der Waals surface area contributed by atoms with Crippen molar-refractivity contribution in [1.82, 2.24) is 9.78 Å². The van der Waals surface area contributed by atoms with Gasteiger partial charge in [0.2, 0.25) is 5.91 Å². The molecule has 3 heterocycles. The molecule has 7 heteroatoms. The molecule has 1 aliphatic rings. The summed E-state index contributed by atoms with van der Waals surface area (Å²) in [4.78, 5) is 26.1. The third-order valence-corrected chi connectivity index (χ3v) is 5.06. The van der Waals surface area contributed by atoms with Crippen molar-refractivity contribution >= 4 is 23.1 Å². The highest BCUT2D eigenvalue weighted by Crippen LogP contribution is 2.39. The van der Waals surface area contributed by atoms with Crippen molar-refractivity contribution in [3.8, 4) is 11.8 Å². The van der Waals surface area contributed by atoms with Crippen LogP contribution in [-0.2, 0) is 4.79 Å². The van der Waals surface area contributed by atoms with Crippen molar-refractivity contribution in [2.24, 2.45) is 5.92 Å². The van der Waals surface area contributed by atoms with Crippen molar-refractivity contribution in [1.29, 1.82) is 5.26 Å². The number of H-pyrrole nitrogens is 1. The van der Waals surface area contributed by atoms with Gasteiger partial charge in [0, 0.05) is 4.88 Å². The molecule has 0 fully saturated rings. The van der Waals surface area contributed by atoms with Gasteiger partial charge in [0.25, 0.3) is 5.56 Å². The van der Waals surface area contributed by atoms with Crippen molar-refractivity contribution < 1.29 is 4.79 Å². The lowest BCUT2D eigenvalue weighted by Gasteiger charge is -2.24. The summed E-state index contributed by atoms with van der Waals surface area (Å²) in [6.45, 7) is 0. The maximum atomic E-state index is 13.0. The third-order valence-electron chi connectivity index (χ3n) is 4.10. The quantitative estimate of drug-likeness (QED) is 0.753. The van der Waals surface area contributed by atoms with Crippen LogP contribution in [0.15, 0.2) is 52.6 Å². The zero-order valence-corrected chi connectivity index (χ0v) is 13.2. The van der Waals surface area contributed by atoms with E-state index in [0.29, 0.717) is 17.1 Å². The van der Waals surface area contributed by atoms with Gasteiger partial charge in [0.1, 0.15) is 11.7 Å². The predicted molar refractivity (Wildman–Crippen MR) is 90.3 cm³/mol. The molecule has 6 nitrogen and oxygen atoms in total. The molecule has 0 spiro atoms. The number of carbonyl (C=O) groups is 1. The van der Waals surface area contributed by atoms with Crippen molar-refractivity contribution in [3.05, 3.63) is 68.6 Å². The maximum Gasteiger partial charge on any atom is 0.277 e. The van der Waals surface area contributed by atoms with Gasteiger partial charge in [-0.05, 0) is 23.6 Å². The third kappa shape index (κ3) is 2.08. The molecule has 0 bridgehead atoms. The number of anilines is 1. The molecule has 1 aliphatic heterocycles. The number of benzene rings is 1. The van der Waals surface area contributed by atoms with Gasteiger partial charge in [-0.3, -0.25) is 14.7 Å². The number of rotatable bonds is 2. The lowest BCUT2D eigenvalue weighted by molar-refractivity contribution is -0.119. The molecule has 4 rings (SSSR count). The summed E-state index contributed by atoms with van der Waals surface area (Å²) >= 11 is 1.43. The number of nitrogens with one attached hydrogen (secondary N) is 2. The molecule has 3 aromatic rings. The Bertz CT molecular complexity index is 996. The molecule has 0 unspecified atom stereocenters. The van der Waals surface area contributed by atoms with Crippen LogP contribution in [0.1, 0.15) is 16.4 Å². The number of nitriles is 1. The first-order chi connectivity index (χ1) is 11.7. The fourth-order valence-corrected chi connectivity index (χ4v) is 3.89. The van der Waals surface area contributed by atoms with E-state index in [1.54, 1.807) is 12.1 Å². The Balaban J connectivity index is 1.95. The Morgan fingerprint density at radius 2 is 1.92 bits per heavy atom. The van der Waals surface area contributed by atoms with E-state index in [2.05, 4.69) is 10.4 Å². The number of carbonyl (C=O) groups excluding carboxylic acids is 1. The number of fused-ring (bicyclic) bond motifs is 1. The summed E-state index contributed by atoms with van der Waals surface area (Å²) in [6.07, 6.45) is 0. The van der Waals surface area contributed by atoms with Crippen LogP contribution in [0.25, 0.3) is 5.69 Å². The Kier molecular flexibility index (Phi) is 3.32. The molecule has 2 aromatic heterocycles. The molecule has 24 heavy (non-hydrogen) atoms. The van der Waals surface area contributed by atoms with E-state index in [-0.39, 0.29) is 5.56 Å². The highest BCUT2D eigenvalue weighted by Gasteiger charge is 2.41. The predicted octanol–water partition coefficient (Wildman–Crippen LogP) is 2.45. The van der Waals surface area contributed by atoms with E-state index < -0.39 is 17.7 Å². The second kappa shape index (κ2) is 5.51. The molecule has 2 atom stereocenters. The first-order valence-corrected chi connectivity index (χ1v) is 8.23. The van der Waals surface area contributed by atoms with Gasteiger partial charge in [0.05, 0.1) is 23.2 Å². The van der Waals surface area contributed by atoms with Crippen molar-refractivity contribution in [2.75, 3.05) is 5.32 Å². The highest BCUT2D eigenvalue weighted by molar-refractivity contribution is 7.10. The van der Waals surface area contributed by atoms with E-state index in [9.17, 15) is 14.9 Å². The number of hydrogen-bond donors (Lipinski definition) is 2. The van der Waals surface area contributed by atoms with Crippen LogP contribution in [0.5, 0.6) is 0 Å². The SMILES string of the molecule is N#C[C@H]1C(=O)Nc2[nH]n(-c3ccccc3)c(=O)c2[C@H]1c1cccs1. The van der Waals surface area contributed by atoms with Crippen LogP contribution in [0.4, 0.5) is 5.82 Å². The van der Waals surface area contributed by atoms with Crippen LogP contribution >= 0.6 is 11.3 Å². The normalized spacial score (nSPS) is 19.4. The summed E-state index contributed by atoms with van der Waals surface area (Å²) in [7, 11) is 0. The van der Waals surface area contributed by atoms with Gasteiger partial charge < -0.3 is 5.32 Å². The molecule has 0 radical (unpaired) electrons. The smallest absolute Gasteiger partial charge is 0.277 e. The minimum absolute atomic E-state index is 0.255. The molecule has 2 N–H and O–H groups in total. The Morgan fingerprint density at radius 3 is 2.58 bits per heavy atom. The van der Waals surface area contributed by atoms with Crippen LogP contribution in [-0.4, -0.2) is 15.7 Å². The van der Waals surface area contributed by atoms with E-state index >= 15 is 0 Å². The van der Waals surface area contributed by atoms with Crippen LogP contribution < -0.4 is 10.9 Å². The molecule has 118 valence electrons. The van der Waals surface area contributed by atoms with Crippen LogP contribution in [0.3, 0.4) is 0 Å². The van der Waals surface area contributed by atoms with E-state index in [1.165, 1.54) is 16.0 Å². The second-order valence-corrected chi connectivity index (χ2v) is 6.44. The Hall–Kier alpha value is -3.11. The summed E-state index contributed by atoms with van der Waals surface area (Å²) < 4.78 is 1.39. The fourth-order valence-electron chi connectivity index (χ4n) is 3.02. The number of hydrogen-bond acceptors (Lipinski definition) is 4. The molecular formula is C17H12N4O2S. The average molecular weight is 336 g/mol. The van der Waals surface area contributed by atoms with Gasteiger partial charge in [-0.2, -0.15) is 5.26 Å². The zero-order chi connectivity index (χ0) is 16.7. The minimum Gasteiger partial charge on any atom is -0.310 e. The molecule has 1 amide bonds. The average Bonchev–Trinajstić information content (AvgIpc) is 3.23. The van der Waals surface area contributed by atoms with E-state index in [1.807, 2.05) is 41.8 Å². The number of para-hydroxylation sites is 1. The number of amides is 1. The van der Waals surface area contributed by atoms with Gasteiger partial charge >= 0.3 is 0 Å². The molecule has 1 aromatic carbocycles. The Morgan fingerprint density at radius 1 is 1.12 bits per heavy atom. The van der Waals surface area contributed by atoms with Crippen LogP contribution in [0.2, 0.25) is 0 Å². The van der Waals surface area contributed by atoms with Gasteiger partial charge in [-0.15, -0.1) is 11.3 Å². The monoisotopic (exact) mass is 336 g/mol. The van der Waals surface area contributed by atoms with Crippen LogP contribution in [0, 0.1) is 17.2 Å². The van der Waals surface area contributed by atoms with Crippen molar-refractivity contribution in [2.45, 2.75) is 5.92 Å². The molecule has 0 aliphatic carbocycles. The van der Waals surface area contributed by atoms with E-state index in [0.717, 1.165) is 4.88 Å².